The molecule has 7 nitrogen and oxygen atoms in total. The number of nitrogens with one attached hydrogen (secondary N) is 1. The maximum atomic E-state index is 12.0. The molecule has 0 fully saturated rings. The van der Waals surface area contributed by atoms with Crippen LogP contribution in [-0.2, 0) is 6.54 Å². The molecule has 3 aromatic rings. The largest absolute Gasteiger partial charge is 0.355 e. The Morgan fingerprint density at radius 1 is 1.43 bits per heavy atom. The zero-order valence-corrected chi connectivity index (χ0v) is 13.2. The molecule has 3 rings (SSSR count). The molecule has 0 aliphatic carbocycles. The first-order valence-corrected chi connectivity index (χ1v) is 7.83. The molecule has 0 unspecified atom stereocenters. The van der Waals surface area contributed by atoms with Crippen LogP contribution in [0.4, 0.5) is 0 Å². The fourth-order valence-electron chi connectivity index (χ4n) is 1.98. The lowest BCUT2D eigenvalue weighted by Crippen LogP contribution is -2.31. The molecule has 0 bridgehead atoms. The first-order valence-electron chi connectivity index (χ1n) is 6.95. The summed E-state index contributed by atoms with van der Waals surface area (Å²) in [6, 6.07) is 6.84. The maximum Gasteiger partial charge on any atom is 0.273 e. The minimum Gasteiger partial charge on any atom is -0.355 e. The van der Waals surface area contributed by atoms with E-state index < -0.39 is 0 Å². The summed E-state index contributed by atoms with van der Waals surface area (Å²) in [5.74, 6) is 0.216. The van der Waals surface area contributed by atoms with Crippen molar-refractivity contribution in [2.75, 3.05) is 6.54 Å². The van der Waals surface area contributed by atoms with Gasteiger partial charge in [-0.05, 0) is 18.4 Å². The molecule has 1 amide bonds. The van der Waals surface area contributed by atoms with Crippen LogP contribution < -0.4 is 10.9 Å². The highest BCUT2D eigenvalue weighted by Crippen LogP contribution is 2.24. The van der Waals surface area contributed by atoms with Crippen LogP contribution in [0.3, 0.4) is 0 Å². The van der Waals surface area contributed by atoms with Crippen molar-refractivity contribution in [2.24, 2.45) is 0 Å². The molecule has 0 aliphatic rings. The van der Waals surface area contributed by atoms with Gasteiger partial charge in [0.05, 0.1) is 11.2 Å². The summed E-state index contributed by atoms with van der Waals surface area (Å²) in [4.78, 5) is 28.7. The second kappa shape index (κ2) is 6.57. The van der Waals surface area contributed by atoms with Crippen molar-refractivity contribution in [3.8, 4) is 10.6 Å². The van der Waals surface area contributed by atoms with Gasteiger partial charge >= 0.3 is 0 Å². The number of hydrogen-bond acceptors (Lipinski definition) is 6. The van der Waals surface area contributed by atoms with Crippen LogP contribution in [0, 0.1) is 6.92 Å². The zero-order valence-electron chi connectivity index (χ0n) is 12.4. The van der Waals surface area contributed by atoms with E-state index in [0.717, 1.165) is 4.88 Å². The summed E-state index contributed by atoms with van der Waals surface area (Å²) < 4.78 is 6.60. The second-order valence-electron chi connectivity index (χ2n) is 4.87. The van der Waals surface area contributed by atoms with Gasteiger partial charge in [-0.25, -0.2) is 4.98 Å². The highest BCUT2D eigenvalue weighted by molar-refractivity contribution is 7.13. The number of aryl methyl sites for hydroxylation is 1. The number of hydrogen-bond donors (Lipinski definition) is 1. The van der Waals surface area contributed by atoms with Crippen molar-refractivity contribution in [3.05, 3.63) is 57.7 Å². The number of aromatic nitrogens is 3. The highest BCUT2D eigenvalue weighted by Gasteiger charge is 2.13. The van der Waals surface area contributed by atoms with Gasteiger partial charge in [-0.15, -0.1) is 11.3 Å². The van der Waals surface area contributed by atoms with Crippen LogP contribution in [0.5, 0.6) is 0 Å². The SMILES string of the molecule is Cc1cc(=O)n(CCNC(=O)c2cc(-c3cccs3)on2)cn1. The lowest BCUT2D eigenvalue weighted by molar-refractivity contribution is 0.0943. The lowest BCUT2D eigenvalue weighted by Gasteiger charge is -2.05. The van der Waals surface area contributed by atoms with Crippen molar-refractivity contribution in [2.45, 2.75) is 13.5 Å². The summed E-state index contributed by atoms with van der Waals surface area (Å²) in [7, 11) is 0. The first kappa shape index (κ1) is 15.2. The van der Waals surface area contributed by atoms with Gasteiger partial charge in [-0.2, -0.15) is 0 Å². The smallest absolute Gasteiger partial charge is 0.273 e. The molecule has 1 N–H and O–H groups in total. The number of amides is 1. The van der Waals surface area contributed by atoms with E-state index in [0.29, 0.717) is 24.5 Å². The van der Waals surface area contributed by atoms with Crippen molar-refractivity contribution >= 4 is 17.2 Å². The van der Waals surface area contributed by atoms with E-state index in [9.17, 15) is 9.59 Å². The van der Waals surface area contributed by atoms with Crippen LogP contribution in [0.2, 0.25) is 0 Å². The van der Waals surface area contributed by atoms with E-state index in [1.165, 1.54) is 28.3 Å². The molecule has 0 aromatic carbocycles. The number of thiophene rings is 1. The standard InChI is InChI=1S/C15H14N4O3S/c1-10-7-14(20)19(9-17-10)5-4-16-15(21)11-8-12(22-18-11)13-3-2-6-23-13/h2-3,6-9H,4-5H2,1H3,(H,16,21). The van der Waals surface area contributed by atoms with Gasteiger partial charge in [0.15, 0.2) is 11.5 Å². The van der Waals surface area contributed by atoms with E-state index in [1.54, 1.807) is 13.0 Å². The fourth-order valence-corrected chi connectivity index (χ4v) is 2.66. The van der Waals surface area contributed by atoms with Crippen molar-refractivity contribution in [1.29, 1.82) is 0 Å². The van der Waals surface area contributed by atoms with Gasteiger partial charge in [0.1, 0.15) is 0 Å². The molecule has 8 heteroatoms. The number of rotatable bonds is 5. The molecule has 0 saturated heterocycles. The molecule has 3 heterocycles. The van der Waals surface area contributed by atoms with E-state index in [4.69, 9.17) is 4.52 Å². The zero-order chi connectivity index (χ0) is 16.2. The van der Waals surface area contributed by atoms with Crippen molar-refractivity contribution in [3.63, 3.8) is 0 Å². The minimum atomic E-state index is -0.343. The summed E-state index contributed by atoms with van der Waals surface area (Å²) in [6.07, 6.45) is 1.47. The van der Waals surface area contributed by atoms with E-state index in [2.05, 4.69) is 15.5 Å². The predicted octanol–water partition coefficient (Wildman–Crippen LogP) is 1.70. The van der Waals surface area contributed by atoms with E-state index >= 15 is 0 Å². The summed E-state index contributed by atoms with van der Waals surface area (Å²) in [6.45, 7) is 2.39. The summed E-state index contributed by atoms with van der Waals surface area (Å²) in [5, 5.41) is 8.39. The van der Waals surface area contributed by atoms with Crippen LogP contribution in [-0.4, -0.2) is 27.2 Å². The third-order valence-corrected chi connectivity index (χ3v) is 4.05. The summed E-state index contributed by atoms with van der Waals surface area (Å²) in [5.41, 5.74) is 0.731. The third kappa shape index (κ3) is 3.54. The average Bonchev–Trinajstić information content (AvgIpc) is 3.20. The van der Waals surface area contributed by atoms with Gasteiger partial charge in [-0.3, -0.25) is 14.2 Å². The van der Waals surface area contributed by atoms with Gasteiger partial charge in [-0.1, -0.05) is 11.2 Å². The molecule has 23 heavy (non-hydrogen) atoms. The molecule has 0 aliphatic heterocycles. The molecular formula is C15H14N4O3S. The molecule has 0 spiro atoms. The Kier molecular flexibility index (Phi) is 4.33. The summed E-state index contributed by atoms with van der Waals surface area (Å²) >= 11 is 1.51. The first-order chi connectivity index (χ1) is 11.1. The maximum absolute atomic E-state index is 12.0. The Morgan fingerprint density at radius 3 is 3.04 bits per heavy atom. The quantitative estimate of drug-likeness (QED) is 0.769. The predicted molar refractivity (Wildman–Crippen MR) is 85.4 cm³/mol. The topological polar surface area (TPSA) is 90.0 Å². The van der Waals surface area contributed by atoms with Gasteiger partial charge in [0, 0.05) is 30.9 Å². The van der Waals surface area contributed by atoms with Gasteiger partial charge in [0.25, 0.3) is 11.5 Å². The van der Waals surface area contributed by atoms with Crippen LogP contribution in [0.25, 0.3) is 10.6 Å². The Bertz CT molecular complexity index is 867. The minimum absolute atomic E-state index is 0.145. The van der Waals surface area contributed by atoms with Crippen molar-refractivity contribution in [1.82, 2.24) is 20.0 Å². The van der Waals surface area contributed by atoms with Gasteiger partial charge in [0.2, 0.25) is 0 Å². The van der Waals surface area contributed by atoms with E-state index in [1.807, 2.05) is 17.5 Å². The Labute approximate surface area is 135 Å². The molecule has 0 radical (unpaired) electrons. The molecular weight excluding hydrogens is 316 g/mol. The van der Waals surface area contributed by atoms with Crippen LogP contribution >= 0.6 is 11.3 Å². The second-order valence-corrected chi connectivity index (χ2v) is 5.82. The molecule has 3 aromatic heterocycles. The van der Waals surface area contributed by atoms with Crippen molar-refractivity contribution < 1.29 is 9.32 Å². The van der Waals surface area contributed by atoms with Crippen LogP contribution in [0.1, 0.15) is 16.2 Å². The fraction of sp³-hybridized carbons (Fsp3) is 0.200. The Hall–Kier alpha value is -2.74. The molecule has 118 valence electrons. The van der Waals surface area contributed by atoms with E-state index in [-0.39, 0.29) is 17.2 Å². The average molecular weight is 330 g/mol. The number of nitrogens with zero attached hydrogens (tertiary/aromatic N) is 3. The normalized spacial score (nSPS) is 10.7. The molecule has 0 saturated carbocycles. The highest BCUT2D eigenvalue weighted by atomic mass is 32.1. The number of carbonyl (C=O) groups excluding carboxylic acids is 1. The number of carbonyl (C=O) groups is 1. The lowest BCUT2D eigenvalue weighted by atomic mass is 10.3. The Morgan fingerprint density at radius 2 is 2.30 bits per heavy atom. The monoisotopic (exact) mass is 330 g/mol. The van der Waals surface area contributed by atoms with Crippen LogP contribution in [0.15, 0.2) is 45.3 Å². The molecule has 0 atom stereocenters. The van der Waals surface area contributed by atoms with Gasteiger partial charge < -0.3 is 9.84 Å². The Balaban J connectivity index is 1.58. The third-order valence-electron chi connectivity index (χ3n) is 3.16.